The van der Waals surface area contributed by atoms with Crippen LogP contribution in [0.2, 0.25) is 0 Å². The van der Waals surface area contributed by atoms with E-state index in [0.29, 0.717) is 31.9 Å². The summed E-state index contributed by atoms with van der Waals surface area (Å²) in [6, 6.07) is 11.6. The van der Waals surface area contributed by atoms with Gasteiger partial charge >= 0.3 is 0 Å². The van der Waals surface area contributed by atoms with Gasteiger partial charge in [0.15, 0.2) is 0 Å². The molecule has 1 aromatic carbocycles. The van der Waals surface area contributed by atoms with Crippen LogP contribution in [0.3, 0.4) is 0 Å². The predicted octanol–water partition coefficient (Wildman–Crippen LogP) is 1.70. The van der Waals surface area contributed by atoms with Gasteiger partial charge in [-0.15, -0.1) is 0 Å². The third-order valence-corrected chi connectivity index (χ3v) is 4.70. The van der Waals surface area contributed by atoms with E-state index in [1.54, 1.807) is 4.68 Å². The Kier molecular flexibility index (Phi) is 5.50. The molecule has 134 valence electrons. The lowest BCUT2D eigenvalue weighted by Gasteiger charge is -2.35. The number of benzene rings is 1. The van der Waals surface area contributed by atoms with Crippen LogP contribution in [0.5, 0.6) is 0 Å². The Hall–Kier alpha value is -2.18. The van der Waals surface area contributed by atoms with Crippen LogP contribution in [0.25, 0.3) is 0 Å². The van der Waals surface area contributed by atoms with Crippen LogP contribution in [-0.4, -0.2) is 63.3 Å². The molecule has 0 unspecified atom stereocenters. The first kappa shape index (κ1) is 17.6. The average molecular weight is 342 g/mol. The van der Waals surface area contributed by atoms with Crippen LogP contribution >= 0.6 is 0 Å². The normalized spacial score (nSPS) is 16.8. The van der Waals surface area contributed by atoms with E-state index in [1.165, 1.54) is 0 Å². The lowest BCUT2D eigenvalue weighted by atomic mass is 10.1. The Bertz CT molecular complexity index is 705. The molecule has 0 bridgehead atoms. The molecule has 0 saturated carbocycles. The van der Waals surface area contributed by atoms with Crippen LogP contribution < -0.4 is 0 Å². The minimum Gasteiger partial charge on any atom is -0.387 e. The molecule has 1 saturated heterocycles. The maximum absolute atomic E-state index is 12.7. The highest BCUT2D eigenvalue weighted by Crippen LogP contribution is 2.16. The number of aryl methyl sites for hydroxylation is 2. The summed E-state index contributed by atoms with van der Waals surface area (Å²) in [5.41, 5.74) is 2.47. The minimum absolute atomic E-state index is 0.0470. The maximum Gasteiger partial charge on any atom is 0.272 e. The third-order valence-electron chi connectivity index (χ3n) is 4.70. The second-order valence-corrected chi connectivity index (χ2v) is 6.51. The lowest BCUT2D eigenvalue weighted by Crippen LogP contribution is -2.49. The van der Waals surface area contributed by atoms with Gasteiger partial charge in [0.05, 0.1) is 11.8 Å². The van der Waals surface area contributed by atoms with E-state index in [9.17, 15) is 9.90 Å². The highest BCUT2D eigenvalue weighted by atomic mass is 16.3. The van der Waals surface area contributed by atoms with Gasteiger partial charge in [0.2, 0.25) is 0 Å². The maximum atomic E-state index is 12.7. The van der Waals surface area contributed by atoms with Gasteiger partial charge < -0.3 is 10.0 Å². The molecule has 2 heterocycles. The molecule has 1 aliphatic rings. The Morgan fingerprint density at radius 1 is 1.20 bits per heavy atom. The van der Waals surface area contributed by atoms with Crippen molar-refractivity contribution in [2.24, 2.45) is 0 Å². The van der Waals surface area contributed by atoms with Gasteiger partial charge in [-0.1, -0.05) is 30.3 Å². The molecule has 0 spiro atoms. The van der Waals surface area contributed by atoms with Crippen molar-refractivity contribution >= 4 is 5.91 Å². The minimum atomic E-state index is -0.493. The fraction of sp³-hybridized carbons (Fsp3) is 0.474. The predicted molar refractivity (Wildman–Crippen MR) is 96.4 cm³/mol. The largest absolute Gasteiger partial charge is 0.387 e. The summed E-state index contributed by atoms with van der Waals surface area (Å²) in [7, 11) is 0. The summed E-state index contributed by atoms with van der Waals surface area (Å²) in [4.78, 5) is 16.8. The summed E-state index contributed by atoms with van der Waals surface area (Å²) >= 11 is 0. The first-order valence-electron chi connectivity index (χ1n) is 8.87. The van der Waals surface area contributed by atoms with E-state index in [4.69, 9.17) is 0 Å². The Labute approximate surface area is 148 Å². The van der Waals surface area contributed by atoms with Gasteiger partial charge in [-0.2, -0.15) is 5.10 Å². The van der Waals surface area contributed by atoms with Crippen LogP contribution in [-0.2, 0) is 6.54 Å². The summed E-state index contributed by atoms with van der Waals surface area (Å²) in [5.74, 6) is 0.0470. The van der Waals surface area contributed by atoms with E-state index in [2.05, 4.69) is 10.00 Å². The van der Waals surface area contributed by atoms with E-state index in [0.717, 1.165) is 24.3 Å². The first-order valence-corrected chi connectivity index (χ1v) is 8.87. The van der Waals surface area contributed by atoms with Crippen molar-refractivity contribution in [1.29, 1.82) is 0 Å². The van der Waals surface area contributed by atoms with Gasteiger partial charge in [-0.3, -0.25) is 14.4 Å². The molecule has 1 N–H and O–H groups in total. The molecular formula is C19H26N4O2. The Morgan fingerprint density at radius 2 is 1.88 bits per heavy atom. The summed E-state index contributed by atoms with van der Waals surface area (Å²) in [6.45, 7) is 8.08. The molecule has 1 aliphatic heterocycles. The van der Waals surface area contributed by atoms with Crippen molar-refractivity contribution in [2.75, 3.05) is 32.7 Å². The number of hydrogen-bond donors (Lipinski definition) is 1. The second kappa shape index (κ2) is 7.80. The molecule has 1 fully saturated rings. The third kappa shape index (κ3) is 4.08. The zero-order valence-electron chi connectivity index (χ0n) is 14.9. The summed E-state index contributed by atoms with van der Waals surface area (Å²) in [6.07, 6.45) is -0.493. The smallest absolute Gasteiger partial charge is 0.272 e. The SMILES string of the molecule is CCn1nc(C)cc1C(=O)N1CCN(C[C@@H](O)c2ccccc2)CC1. The number of aliphatic hydroxyl groups excluding tert-OH is 1. The monoisotopic (exact) mass is 342 g/mol. The van der Waals surface area contributed by atoms with Crippen molar-refractivity contribution < 1.29 is 9.90 Å². The van der Waals surface area contributed by atoms with Gasteiger partial charge in [0.1, 0.15) is 5.69 Å². The van der Waals surface area contributed by atoms with Crippen LogP contribution in [0.4, 0.5) is 0 Å². The number of piperazine rings is 1. The van der Waals surface area contributed by atoms with Crippen molar-refractivity contribution in [3.05, 3.63) is 53.3 Å². The molecule has 0 radical (unpaired) electrons. The van der Waals surface area contributed by atoms with Crippen molar-refractivity contribution in [2.45, 2.75) is 26.5 Å². The van der Waals surface area contributed by atoms with Crippen molar-refractivity contribution in [3.63, 3.8) is 0 Å². The molecule has 1 atom stereocenters. The van der Waals surface area contributed by atoms with Crippen LogP contribution in [0.1, 0.15) is 34.8 Å². The molecule has 3 rings (SSSR count). The number of carbonyl (C=O) groups is 1. The van der Waals surface area contributed by atoms with E-state index in [1.807, 2.05) is 55.1 Å². The average Bonchev–Trinajstić information content (AvgIpc) is 3.03. The van der Waals surface area contributed by atoms with Gasteiger partial charge in [0.25, 0.3) is 5.91 Å². The molecule has 1 aromatic heterocycles. The highest BCUT2D eigenvalue weighted by molar-refractivity contribution is 5.92. The second-order valence-electron chi connectivity index (χ2n) is 6.51. The number of carbonyl (C=O) groups excluding carboxylic acids is 1. The number of aromatic nitrogens is 2. The van der Waals surface area contributed by atoms with Gasteiger partial charge in [0, 0.05) is 39.3 Å². The van der Waals surface area contributed by atoms with E-state index < -0.39 is 6.10 Å². The molecule has 0 aliphatic carbocycles. The van der Waals surface area contributed by atoms with Crippen molar-refractivity contribution in [3.8, 4) is 0 Å². The number of hydrogen-bond acceptors (Lipinski definition) is 4. The van der Waals surface area contributed by atoms with Crippen LogP contribution in [0.15, 0.2) is 36.4 Å². The molecule has 25 heavy (non-hydrogen) atoms. The summed E-state index contributed by atoms with van der Waals surface area (Å²) in [5, 5.41) is 14.7. The molecule has 6 heteroatoms. The Balaban J connectivity index is 1.55. The molecule has 2 aromatic rings. The number of rotatable bonds is 5. The molecule has 6 nitrogen and oxygen atoms in total. The number of amides is 1. The Morgan fingerprint density at radius 3 is 2.52 bits per heavy atom. The zero-order chi connectivity index (χ0) is 17.8. The number of aliphatic hydroxyl groups is 1. The lowest BCUT2D eigenvalue weighted by molar-refractivity contribution is 0.0518. The number of β-amino-alcohol motifs (C(OH)–C–C–N with tert-alkyl or cyclic N) is 1. The highest BCUT2D eigenvalue weighted by Gasteiger charge is 2.25. The fourth-order valence-corrected chi connectivity index (χ4v) is 3.28. The van der Waals surface area contributed by atoms with E-state index >= 15 is 0 Å². The van der Waals surface area contributed by atoms with Crippen LogP contribution in [0, 0.1) is 6.92 Å². The fourth-order valence-electron chi connectivity index (χ4n) is 3.28. The molecule has 1 amide bonds. The topological polar surface area (TPSA) is 61.6 Å². The summed E-state index contributed by atoms with van der Waals surface area (Å²) < 4.78 is 1.77. The molecular weight excluding hydrogens is 316 g/mol. The van der Waals surface area contributed by atoms with Crippen molar-refractivity contribution in [1.82, 2.24) is 19.6 Å². The van der Waals surface area contributed by atoms with Gasteiger partial charge in [-0.25, -0.2) is 0 Å². The standard InChI is InChI=1S/C19H26N4O2/c1-3-23-17(13-15(2)20-23)19(25)22-11-9-21(10-12-22)14-18(24)16-7-5-4-6-8-16/h4-8,13,18,24H,3,9-12,14H2,1-2H3/t18-/m1/s1. The number of nitrogens with zero attached hydrogens (tertiary/aromatic N) is 4. The van der Waals surface area contributed by atoms with E-state index in [-0.39, 0.29) is 5.91 Å². The first-order chi connectivity index (χ1) is 12.1. The zero-order valence-corrected chi connectivity index (χ0v) is 14.9. The van der Waals surface area contributed by atoms with Gasteiger partial charge in [-0.05, 0) is 25.5 Å². The quantitative estimate of drug-likeness (QED) is 0.898.